The number of nitrogens with two attached hydrogens (primary N) is 1. The molecule has 1 aliphatic rings. The first-order valence-corrected chi connectivity index (χ1v) is 4.96. The van der Waals surface area contributed by atoms with E-state index in [9.17, 15) is 0 Å². The van der Waals surface area contributed by atoms with Gasteiger partial charge in [0, 0.05) is 36.3 Å². The lowest BCUT2D eigenvalue weighted by atomic mass is 9.99. The molecular weight excluding hydrogens is 186 g/mol. The summed E-state index contributed by atoms with van der Waals surface area (Å²) in [5.74, 6) is 0. The number of aryl methyl sites for hydroxylation is 1. The predicted molar refractivity (Wildman–Crippen MR) is 63.8 cm³/mol. The fraction of sp³-hybridized carbons (Fsp3) is 0.333. The average Bonchev–Trinajstić information content (AvgIpc) is 2.19. The third kappa shape index (κ3) is 5.08. The van der Waals surface area contributed by atoms with Gasteiger partial charge in [0.1, 0.15) is 0 Å². The highest BCUT2D eigenvalue weighted by atomic mass is 14.8. The van der Waals surface area contributed by atoms with Gasteiger partial charge in [0.2, 0.25) is 0 Å². The van der Waals surface area contributed by atoms with Crippen LogP contribution in [0.2, 0.25) is 0 Å². The lowest BCUT2D eigenvalue weighted by Crippen LogP contribution is -2.34. The minimum absolute atomic E-state index is 0.151. The fourth-order valence-electron chi connectivity index (χ4n) is 1.04. The second-order valence-corrected chi connectivity index (χ2v) is 3.83. The number of hydrogen-bond acceptors (Lipinski definition) is 3. The van der Waals surface area contributed by atoms with Crippen molar-refractivity contribution >= 4 is 6.21 Å². The summed E-state index contributed by atoms with van der Waals surface area (Å²) in [4.78, 5) is 7.87. The largest absolute Gasteiger partial charge is 0.322 e. The van der Waals surface area contributed by atoms with E-state index >= 15 is 0 Å². The highest BCUT2D eigenvalue weighted by Crippen LogP contribution is 2.08. The summed E-state index contributed by atoms with van der Waals surface area (Å²) in [6.07, 6.45) is 8.12. The molecule has 0 aliphatic carbocycles. The van der Waals surface area contributed by atoms with Gasteiger partial charge in [0.25, 0.3) is 0 Å². The van der Waals surface area contributed by atoms with Crippen LogP contribution in [0.3, 0.4) is 0 Å². The fourth-order valence-corrected chi connectivity index (χ4v) is 1.04. The normalized spacial score (nSPS) is 23.1. The molecule has 0 spiro atoms. The van der Waals surface area contributed by atoms with Crippen molar-refractivity contribution in [3.63, 3.8) is 0 Å². The van der Waals surface area contributed by atoms with E-state index in [4.69, 9.17) is 5.73 Å². The van der Waals surface area contributed by atoms with Gasteiger partial charge in [-0.25, -0.2) is 0 Å². The van der Waals surface area contributed by atoms with Crippen LogP contribution < -0.4 is 5.73 Å². The maximum atomic E-state index is 5.70. The van der Waals surface area contributed by atoms with E-state index < -0.39 is 0 Å². The topological polar surface area (TPSA) is 51.3 Å². The second-order valence-electron chi connectivity index (χ2n) is 3.83. The third-order valence-electron chi connectivity index (χ3n) is 1.99. The Labute approximate surface area is 90.8 Å². The van der Waals surface area contributed by atoms with Crippen LogP contribution in [0.5, 0.6) is 0 Å². The lowest BCUT2D eigenvalue weighted by molar-refractivity contribution is 0.609. The SMILES string of the molecule is CC1(N)C=CN=CC1.Cc1ccccn1. The lowest BCUT2D eigenvalue weighted by Gasteiger charge is -2.18. The van der Waals surface area contributed by atoms with Gasteiger partial charge in [-0.1, -0.05) is 6.07 Å². The summed E-state index contributed by atoms with van der Waals surface area (Å²) >= 11 is 0. The van der Waals surface area contributed by atoms with E-state index in [2.05, 4.69) is 9.98 Å². The maximum absolute atomic E-state index is 5.70. The summed E-state index contributed by atoms with van der Waals surface area (Å²) < 4.78 is 0. The molecule has 2 rings (SSSR count). The van der Waals surface area contributed by atoms with Crippen molar-refractivity contribution in [2.75, 3.05) is 0 Å². The number of pyridine rings is 1. The summed E-state index contributed by atoms with van der Waals surface area (Å²) in [5, 5.41) is 0. The average molecular weight is 203 g/mol. The van der Waals surface area contributed by atoms with Crippen LogP contribution in [0.1, 0.15) is 19.0 Å². The highest BCUT2D eigenvalue weighted by Gasteiger charge is 2.13. The molecule has 0 amide bonds. The Morgan fingerprint density at radius 1 is 1.40 bits per heavy atom. The molecule has 1 atom stereocenters. The molecule has 0 aromatic carbocycles. The maximum Gasteiger partial charge on any atom is 0.0378 e. The molecule has 1 aromatic heterocycles. The molecule has 0 saturated carbocycles. The molecule has 1 unspecified atom stereocenters. The van der Waals surface area contributed by atoms with Gasteiger partial charge in [0.05, 0.1) is 0 Å². The van der Waals surface area contributed by atoms with E-state index in [0.29, 0.717) is 0 Å². The molecule has 0 bridgehead atoms. The van der Waals surface area contributed by atoms with E-state index in [1.165, 1.54) is 0 Å². The Morgan fingerprint density at radius 2 is 2.20 bits per heavy atom. The zero-order chi connectivity index (χ0) is 11.1. The Hall–Kier alpha value is -1.48. The van der Waals surface area contributed by atoms with E-state index in [1.54, 1.807) is 12.4 Å². The Balaban J connectivity index is 0.000000151. The quantitative estimate of drug-likeness (QED) is 0.702. The molecule has 1 aromatic rings. The van der Waals surface area contributed by atoms with Gasteiger partial charge in [-0.05, 0) is 32.1 Å². The van der Waals surface area contributed by atoms with Crippen molar-refractivity contribution < 1.29 is 0 Å². The van der Waals surface area contributed by atoms with Gasteiger partial charge < -0.3 is 5.73 Å². The second kappa shape index (κ2) is 5.41. The molecule has 15 heavy (non-hydrogen) atoms. The Bertz CT molecular complexity index is 339. The van der Waals surface area contributed by atoms with Crippen LogP contribution in [-0.2, 0) is 0 Å². The third-order valence-corrected chi connectivity index (χ3v) is 1.99. The molecule has 1 aliphatic heterocycles. The summed E-state index contributed by atoms with van der Waals surface area (Å²) in [5.41, 5.74) is 6.62. The molecule has 2 N–H and O–H groups in total. The molecule has 80 valence electrons. The van der Waals surface area contributed by atoms with E-state index in [-0.39, 0.29) is 5.54 Å². The first-order chi connectivity index (χ1) is 7.10. The smallest absolute Gasteiger partial charge is 0.0378 e. The van der Waals surface area contributed by atoms with Crippen molar-refractivity contribution in [1.82, 2.24) is 4.98 Å². The molecule has 2 heterocycles. The molecule has 0 saturated heterocycles. The van der Waals surface area contributed by atoms with Crippen LogP contribution >= 0.6 is 0 Å². The Morgan fingerprint density at radius 3 is 2.47 bits per heavy atom. The van der Waals surface area contributed by atoms with Crippen molar-refractivity contribution in [3.05, 3.63) is 42.4 Å². The molecule has 0 radical (unpaired) electrons. The van der Waals surface area contributed by atoms with Crippen molar-refractivity contribution in [2.45, 2.75) is 25.8 Å². The first kappa shape index (κ1) is 11.6. The first-order valence-electron chi connectivity index (χ1n) is 4.96. The number of rotatable bonds is 0. The van der Waals surface area contributed by atoms with Gasteiger partial charge in [0.15, 0.2) is 0 Å². The summed E-state index contributed by atoms with van der Waals surface area (Å²) in [7, 11) is 0. The van der Waals surface area contributed by atoms with Gasteiger partial charge >= 0.3 is 0 Å². The van der Waals surface area contributed by atoms with Gasteiger partial charge in [-0.3, -0.25) is 9.98 Å². The zero-order valence-corrected chi connectivity index (χ0v) is 9.22. The van der Waals surface area contributed by atoms with Crippen molar-refractivity contribution in [3.8, 4) is 0 Å². The zero-order valence-electron chi connectivity index (χ0n) is 9.22. The van der Waals surface area contributed by atoms with Crippen molar-refractivity contribution in [2.24, 2.45) is 10.7 Å². The molecular formula is C12H17N3. The van der Waals surface area contributed by atoms with Gasteiger partial charge in [-0.2, -0.15) is 0 Å². The van der Waals surface area contributed by atoms with E-state index in [0.717, 1.165) is 12.1 Å². The van der Waals surface area contributed by atoms with Crippen LogP contribution in [0.15, 0.2) is 41.7 Å². The van der Waals surface area contributed by atoms with Crippen molar-refractivity contribution in [1.29, 1.82) is 0 Å². The summed E-state index contributed by atoms with van der Waals surface area (Å²) in [6.45, 7) is 3.95. The van der Waals surface area contributed by atoms with Crippen LogP contribution in [-0.4, -0.2) is 16.7 Å². The van der Waals surface area contributed by atoms with Gasteiger partial charge in [-0.15, -0.1) is 0 Å². The molecule has 3 nitrogen and oxygen atoms in total. The van der Waals surface area contributed by atoms with Crippen LogP contribution in [0, 0.1) is 6.92 Å². The highest BCUT2D eigenvalue weighted by molar-refractivity contribution is 5.62. The van der Waals surface area contributed by atoms with Crippen LogP contribution in [0.25, 0.3) is 0 Å². The monoisotopic (exact) mass is 203 g/mol. The minimum atomic E-state index is -0.151. The number of nitrogens with zero attached hydrogens (tertiary/aromatic N) is 2. The standard InChI is InChI=1S/C6H10N2.C6H7N/c1-6(7)2-4-8-5-3-6;1-6-4-2-3-5-7-6/h2,4-5H,3,7H2,1H3;2-5H,1H3. The molecule has 3 heteroatoms. The summed E-state index contributed by atoms with van der Waals surface area (Å²) in [6, 6.07) is 5.86. The van der Waals surface area contributed by atoms with Crippen LogP contribution in [0.4, 0.5) is 0 Å². The molecule has 0 fully saturated rings. The predicted octanol–water partition coefficient (Wildman–Crippen LogP) is 2.08. The number of hydrogen-bond donors (Lipinski definition) is 1. The number of aliphatic imine (C=N–C) groups is 1. The Kier molecular flexibility index (Phi) is 4.18. The minimum Gasteiger partial charge on any atom is -0.322 e. The van der Waals surface area contributed by atoms with E-state index in [1.807, 2.05) is 44.3 Å². The number of aromatic nitrogens is 1.